The molecule has 0 spiro atoms. The molecule has 0 bridgehead atoms. The van der Waals surface area contributed by atoms with Crippen LogP contribution in [0.4, 0.5) is 18.9 Å². The van der Waals surface area contributed by atoms with Gasteiger partial charge in [-0.05, 0) is 55.4 Å². The molecule has 1 aromatic rings. The van der Waals surface area contributed by atoms with Gasteiger partial charge in [-0.15, -0.1) is 0 Å². The van der Waals surface area contributed by atoms with Crippen molar-refractivity contribution < 1.29 is 13.2 Å². The Labute approximate surface area is 111 Å². The topological polar surface area (TPSA) is 3.24 Å². The molecular formula is C15H18F3N. The Morgan fingerprint density at radius 3 is 2.37 bits per heavy atom. The third-order valence-electron chi connectivity index (χ3n) is 4.41. The molecule has 0 aromatic heterocycles. The van der Waals surface area contributed by atoms with E-state index in [0.717, 1.165) is 18.5 Å². The molecule has 0 atom stereocenters. The smallest absolute Gasteiger partial charge is 0.371 e. The largest absolute Gasteiger partial charge is 0.391 e. The second kappa shape index (κ2) is 4.73. The fourth-order valence-electron chi connectivity index (χ4n) is 3.22. The van der Waals surface area contributed by atoms with Crippen LogP contribution < -0.4 is 4.90 Å². The normalized spacial score (nSPS) is 20.7. The molecule has 0 amide bonds. The highest BCUT2D eigenvalue weighted by Gasteiger charge is 2.41. The van der Waals surface area contributed by atoms with Crippen molar-refractivity contribution in [3.63, 3.8) is 0 Å². The number of piperidine rings is 1. The van der Waals surface area contributed by atoms with E-state index in [4.69, 9.17) is 0 Å². The van der Waals surface area contributed by atoms with Gasteiger partial charge in [0.1, 0.15) is 0 Å². The third kappa shape index (κ3) is 2.58. The summed E-state index contributed by atoms with van der Waals surface area (Å²) < 4.78 is 37.9. The zero-order chi connectivity index (χ0) is 13.5. The number of rotatable bonds is 1. The maximum Gasteiger partial charge on any atom is 0.391 e. The second-order valence-electron chi connectivity index (χ2n) is 5.61. The van der Waals surface area contributed by atoms with Gasteiger partial charge in [0.25, 0.3) is 0 Å². The number of benzene rings is 1. The Morgan fingerprint density at radius 2 is 1.68 bits per heavy atom. The van der Waals surface area contributed by atoms with Gasteiger partial charge in [-0.25, -0.2) is 0 Å². The van der Waals surface area contributed by atoms with Crippen molar-refractivity contribution in [2.45, 2.75) is 38.3 Å². The zero-order valence-electron chi connectivity index (χ0n) is 10.8. The molecule has 2 aliphatic rings. The molecule has 1 aliphatic heterocycles. The molecule has 0 radical (unpaired) electrons. The molecule has 1 aromatic carbocycles. The molecule has 1 nitrogen and oxygen atoms in total. The lowest BCUT2D eigenvalue weighted by Crippen LogP contribution is -2.39. The first-order valence-electron chi connectivity index (χ1n) is 6.97. The summed E-state index contributed by atoms with van der Waals surface area (Å²) in [7, 11) is 0. The quantitative estimate of drug-likeness (QED) is 0.746. The molecule has 1 heterocycles. The number of alkyl halides is 3. The molecule has 0 unspecified atom stereocenters. The summed E-state index contributed by atoms with van der Waals surface area (Å²) in [5, 5.41) is 0. The van der Waals surface area contributed by atoms with E-state index >= 15 is 0 Å². The van der Waals surface area contributed by atoms with Crippen molar-refractivity contribution in [1.29, 1.82) is 0 Å². The van der Waals surface area contributed by atoms with Gasteiger partial charge in [-0.3, -0.25) is 0 Å². The van der Waals surface area contributed by atoms with E-state index in [9.17, 15) is 13.2 Å². The van der Waals surface area contributed by atoms with Gasteiger partial charge in [0, 0.05) is 18.8 Å². The number of aryl methyl sites for hydroxylation is 2. The summed E-state index contributed by atoms with van der Waals surface area (Å²) in [6, 6.07) is 6.39. The summed E-state index contributed by atoms with van der Waals surface area (Å²) in [6.07, 6.45) is -0.117. The van der Waals surface area contributed by atoms with Crippen LogP contribution in [0, 0.1) is 5.92 Å². The van der Waals surface area contributed by atoms with E-state index in [1.165, 1.54) is 17.5 Å². The molecule has 104 valence electrons. The Bertz CT molecular complexity index is 459. The van der Waals surface area contributed by atoms with Crippen LogP contribution in [0.5, 0.6) is 0 Å². The summed E-state index contributed by atoms with van der Waals surface area (Å²) in [5.41, 5.74) is 3.89. The maximum atomic E-state index is 12.6. The lowest BCUT2D eigenvalue weighted by atomic mass is 9.95. The molecular weight excluding hydrogens is 251 g/mol. The fourth-order valence-corrected chi connectivity index (χ4v) is 3.22. The van der Waals surface area contributed by atoms with E-state index in [-0.39, 0.29) is 12.8 Å². The number of fused-ring (bicyclic) bond motifs is 1. The first kappa shape index (κ1) is 12.8. The van der Waals surface area contributed by atoms with Crippen molar-refractivity contribution in [3.05, 3.63) is 29.3 Å². The van der Waals surface area contributed by atoms with E-state index in [1.54, 1.807) is 0 Å². The van der Waals surface area contributed by atoms with Crippen LogP contribution >= 0.6 is 0 Å². The predicted octanol–water partition coefficient (Wildman–Crippen LogP) is 3.95. The number of hydrogen-bond acceptors (Lipinski definition) is 1. The lowest BCUT2D eigenvalue weighted by molar-refractivity contribution is -0.179. The van der Waals surface area contributed by atoms with Crippen molar-refractivity contribution in [3.8, 4) is 0 Å². The van der Waals surface area contributed by atoms with Gasteiger partial charge in [0.05, 0.1) is 5.92 Å². The van der Waals surface area contributed by atoms with Crippen molar-refractivity contribution in [1.82, 2.24) is 0 Å². The molecule has 19 heavy (non-hydrogen) atoms. The number of anilines is 1. The first-order chi connectivity index (χ1) is 9.04. The highest BCUT2D eigenvalue weighted by Crippen LogP contribution is 2.36. The average Bonchev–Trinajstić information content (AvgIpc) is 2.85. The Morgan fingerprint density at radius 1 is 1.00 bits per heavy atom. The van der Waals surface area contributed by atoms with E-state index < -0.39 is 12.1 Å². The number of hydrogen-bond donors (Lipinski definition) is 0. The van der Waals surface area contributed by atoms with E-state index in [1.807, 2.05) is 0 Å². The SMILES string of the molecule is FC(F)(F)C1CCN(c2ccc3c(c2)CCC3)CC1. The zero-order valence-corrected chi connectivity index (χ0v) is 10.8. The summed E-state index contributed by atoms with van der Waals surface area (Å²) in [4.78, 5) is 2.10. The lowest BCUT2D eigenvalue weighted by Gasteiger charge is -2.34. The van der Waals surface area contributed by atoms with Crippen molar-refractivity contribution in [2.24, 2.45) is 5.92 Å². The Balaban J connectivity index is 1.69. The van der Waals surface area contributed by atoms with Gasteiger partial charge < -0.3 is 4.90 Å². The Kier molecular flexibility index (Phi) is 3.19. The van der Waals surface area contributed by atoms with Crippen LogP contribution in [0.1, 0.15) is 30.4 Å². The summed E-state index contributed by atoms with van der Waals surface area (Å²) in [6.45, 7) is 1.03. The molecule has 4 heteroatoms. The number of halogens is 3. The van der Waals surface area contributed by atoms with Crippen LogP contribution in [0.2, 0.25) is 0 Å². The molecule has 1 fully saturated rings. The standard InChI is InChI=1S/C15H18F3N/c16-15(17,18)13-6-8-19(9-7-13)14-5-4-11-2-1-3-12(11)10-14/h4-5,10,13H,1-3,6-9H2. The summed E-state index contributed by atoms with van der Waals surface area (Å²) in [5.74, 6) is -1.11. The fraction of sp³-hybridized carbons (Fsp3) is 0.600. The van der Waals surface area contributed by atoms with Crippen LogP contribution in [-0.4, -0.2) is 19.3 Å². The van der Waals surface area contributed by atoms with Gasteiger partial charge >= 0.3 is 6.18 Å². The molecule has 0 N–H and O–H groups in total. The van der Waals surface area contributed by atoms with Crippen molar-refractivity contribution in [2.75, 3.05) is 18.0 Å². The molecule has 1 saturated heterocycles. The van der Waals surface area contributed by atoms with Gasteiger partial charge in [0.2, 0.25) is 0 Å². The monoisotopic (exact) mass is 269 g/mol. The molecule has 1 aliphatic carbocycles. The van der Waals surface area contributed by atoms with E-state index in [2.05, 4.69) is 23.1 Å². The van der Waals surface area contributed by atoms with Crippen LogP contribution in [0.25, 0.3) is 0 Å². The first-order valence-corrected chi connectivity index (χ1v) is 6.97. The minimum absolute atomic E-state index is 0.223. The van der Waals surface area contributed by atoms with Crippen LogP contribution in [0.3, 0.4) is 0 Å². The summed E-state index contributed by atoms with van der Waals surface area (Å²) >= 11 is 0. The minimum Gasteiger partial charge on any atom is -0.371 e. The average molecular weight is 269 g/mol. The predicted molar refractivity (Wildman–Crippen MR) is 69.5 cm³/mol. The maximum absolute atomic E-state index is 12.6. The van der Waals surface area contributed by atoms with E-state index in [0.29, 0.717) is 13.1 Å². The van der Waals surface area contributed by atoms with Crippen LogP contribution in [0.15, 0.2) is 18.2 Å². The van der Waals surface area contributed by atoms with Gasteiger partial charge in [-0.1, -0.05) is 6.07 Å². The Hall–Kier alpha value is -1.19. The highest BCUT2D eigenvalue weighted by atomic mass is 19.4. The third-order valence-corrected chi connectivity index (χ3v) is 4.41. The van der Waals surface area contributed by atoms with Crippen LogP contribution in [-0.2, 0) is 12.8 Å². The number of nitrogens with zero attached hydrogens (tertiary/aromatic N) is 1. The van der Waals surface area contributed by atoms with Gasteiger partial charge in [-0.2, -0.15) is 13.2 Å². The molecule has 3 rings (SSSR count). The van der Waals surface area contributed by atoms with Gasteiger partial charge in [0.15, 0.2) is 0 Å². The molecule has 0 saturated carbocycles. The second-order valence-corrected chi connectivity index (χ2v) is 5.61. The highest BCUT2D eigenvalue weighted by molar-refractivity contribution is 5.52. The van der Waals surface area contributed by atoms with Crippen molar-refractivity contribution >= 4 is 5.69 Å². The minimum atomic E-state index is -4.02.